The molecule has 0 unspecified atom stereocenters. The average Bonchev–Trinajstić information content (AvgIpc) is 3.58. The lowest BCUT2D eigenvalue weighted by atomic mass is 9.37. The van der Waals surface area contributed by atoms with Crippen LogP contribution in [-0.2, 0) is 0 Å². The largest absolute Gasteiger partial charge is 0.312 e. The molecule has 0 amide bonds. The molecule has 0 spiro atoms. The SMILES string of the molecule is Cc1ccc(N2c3ccccc3B3c4ccccc4-c4cccc2c43)cc1.Cc1cccc(N2c3ccccc3B3c4ccccc4-c4cccc2c43)c1.Cc1cccc2c1N(c1ccccc1)c1cccc3c1B2c1ccccc1-3. The van der Waals surface area contributed by atoms with Crippen LogP contribution in [0.1, 0.15) is 16.7 Å². The lowest BCUT2D eigenvalue weighted by Gasteiger charge is -2.37. The molecule has 0 radical (unpaired) electrons. The second kappa shape index (κ2) is 18.7. The van der Waals surface area contributed by atoms with Gasteiger partial charge in [0.1, 0.15) is 0 Å². The van der Waals surface area contributed by atoms with Gasteiger partial charge in [0.2, 0.25) is 20.1 Å². The number of rotatable bonds is 3. The molecule has 3 nitrogen and oxygen atoms in total. The molecule has 18 rings (SSSR count). The highest BCUT2D eigenvalue weighted by atomic mass is 15.2. The molecule has 6 aliphatic heterocycles. The van der Waals surface area contributed by atoms with E-state index in [0.29, 0.717) is 20.1 Å². The van der Waals surface area contributed by atoms with E-state index in [0.717, 1.165) is 0 Å². The topological polar surface area (TPSA) is 9.72 Å². The first kappa shape index (κ1) is 47.3. The summed E-state index contributed by atoms with van der Waals surface area (Å²) in [6.07, 6.45) is 0. The van der Waals surface area contributed by atoms with Gasteiger partial charge >= 0.3 is 0 Å². The summed E-state index contributed by atoms with van der Waals surface area (Å²) >= 11 is 0. The van der Waals surface area contributed by atoms with Crippen molar-refractivity contribution in [3.63, 3.8) is 0 Å². The van der Waals surface area contributed by atoms with Crippen molar-refractivity contribution in [2.45, 2.75) is 20.8 Å². The van der Waals surface area contributed by atoms with Crippen LogP contribution in [0.5, 0.6) is 0 Å². The fourth-order valence-corrected chi connectivity index (χ4v) is 14.6. The van der Waals surface area contributed by atoms with Crippen molar-refractivity contribution in [2.75, 3.05) is 14.7 Å². The van der Waals surface area contributed by atoms with E-state index in [1.54, 1.807) is 0 Å². The predicted octanol–water partition coefficient (Wildman–Crippen LogP) is 12.8. The third kappa shape index (κ3) is 7.19. The molecule has 81 heavy (non-hydrogen) atoms. The molecule has 12 aromatic carbocycles. The van der Waals surface area contributed by atoms with Crippen molar-refractivity contribution >= 4 is 120 Å². The fraction of sp³-hybridized carbons (Fsp3) is 0.0400. The Bertz CT molecular complexity index is 4510. The summed E-state index contributed by atoms with van der Waals surface area (Å²) < 4.78 is 0. The van der Waals surface area contributed by atoms with Crippen LogP contribution >= 0.6 is 0 Å². The van der Waals surface area contributed by atoms with Gasteiger partial charge in [0, 0.05) is 51.2 Å². The Kier molecular flexibility index (Phi) is 10.9. The fourth-order valence-electron chi connectivity index (χ4n) is 14.6. The van der Waals surface area contributed by atoms with Crippen LogP contribution in [0.3, 0.4) is 0 Å². The van der Waals surface area contributed by atoms with E-state index in [4.69, 9.17) is 0 Å². The van der Waals surface area contributed by atoms with E-state index >= 15 is 0 Å². The molecule has 0 saturated carbocycles. The Labute approximate surface area is 476 Å². The van der Waals surface area contributed by atoms with E-state index in [-0.39, 0.29) is 0 Å². The third-order valence-electron chi connectivity index (χ3n) is 17.9. The normalized spacial score (nSPS) is 13.2. The Morgan fingerprint density at radius 2 is 0.593 bits per heavy atom. The molecule has 6 aliphatic rings. The van der Waals surface area contributed by atoms with Gasteiger partial charge in [-0.05, 0) is 165 Å². The zero-order valence-corrected chi connectivity index (χ0v) is 45.6. The van der Waals surface area contributed by atoms with Crippen LogP contribution in [0.25, 0.3) is 33.4 Å². The van der Waals surface area contributed by atoms with Crippen LogP contribution in [0, 0.1) is 20.8 Å². The molecule has 0 N–H and O–H groups in total. The summed E-state index contributed by atoms with van der Waals surface area (Å²) in [5.41, 5.74) is 36.4. The van der Waals surface area contributed by atoms with Gasteiger partial charge in [-0.2, -0.15) is 0 Å². The van der Waals surface area contributed by atoms with Crippen molar-refractivity contribution in [2.24, 2.45) is 0 Å². The molecule has 0 fully saturated rings. The third-order valence-corrected chi connectivity index (χ3v) is 17.9. The number of para-hydroxylation sites is 4. The van der Waals surface area contributed by atoms with Gasteiger partial charge in [-0.15, -0.1) is 0 Å². The first-order chi connectivity index (χ1) is 40.0. The molecule has 378 valence electrons. The van der Waals surface area contributed by atoms with Crippen LogP contribution < -0.4 is 63.9 Å². The van der Waals surface area contributed by atoms with E-state index in [2.05, 4.69) is 308 Å². The van der Waals surface area contributed by atoms with Crippen LogP contribution in [0.4, 0.5) is 51.2 Å². The highest BCUT2D eigenvalue weighted by Gasteiger charge is 2.45. The Morgan fingerprint density at radius 3 is 1.11 bits per heavy atom. The van der Waals surface area contributed by atoms with Crippen molar-refractivity contribution in [3.05, 3.63) is 290 Å². The molecular formula is C75H54B3N3. The van der Waals surface area contributed by atoms with E-state index < -0.39 is 0 Å². The highest BCUT2D eigenvalue weighted by molar-refractivity contribution is 7.02. The molecule has 0 aliphatic carbocycles. The minimum Gasteiger partial charge on any atom is -0.312 e. The monoisotopic (exact) mass is 1030 g/mol. The van der Waals surface area contributed by atoms with Gasteiger partial charge in [-0.1, -0.05) is 228 Å². The van der Waals surface area contributed by atoms with E-state index in [1.807, 2.05) is 0 Å². The van der Waals surface area contributed by atoms with Crippen molar-refractivity contribution in [1.29, 1.82) is 0 Å². The molecule has 6 heteroatoms. The van der Waals surface area contributed by atoms with Crippen molar-refractivity contribution < 1.29 is 0 Å². The van der Waals surface area contributed by atoms with Gasteiger partial charge in [0.15, 0.2) is 0 Å². The number of anilines is 9. The summed E-state index contributed by atoms with van der Waals surface area (Å²) in [5.74, 6) is 0. The molecule has 6 heterocycles. The first-order valence-corrected chi connectivity index (χ1v) is 28.5. The number of hydrogen-bond acceptors (Lipinski definition) is 3. The second-order valence-electron chi connectivity index (χ2n) is 22.4. The minimum atomic E-state index is 0.322. The van der Waals surface area contributed by atoms with Crippen LogP contribution in [-0.4, -0.2) is 20.1 Å². The second-order valence-corrected chi connectivity index (χ2v) is 22.4. The summed E-state index contributed by atoms with van der Waals surface area (Å²) in [6, 6.07) is 99.8. The maximum absolute atomic E-state index is 2.45. The van der Waals surface area contributed by atoms with E-state index in [9.17, 15) is 0 Å². The lowest BCUT2D eigenvalue weighted by molar-refractivity contribution is 1.26. The zero-order chi connectivity index (χ0) is 53.9. The quantitative estimate of drug-likeness (QED) is 0.163. The Morgan fingerprint density at radius 1 is 0.235 bits per heavy atom. The smallest absolute Gasteiger partial charge is 0.248 e. The van der Waals surface area contributed by atoms with Gasteiger partial charge in [0.05, 0.1) is 0 Å². The number of fused-ring (bicyclic) bond motifs is 15. The summed E-state index contributed by atoms with van der Waals surface area (Å²) in [5, 5.41) is 0. The van der Waals surface area contributed by atoms with Crippen molar-refractivity contribution in [3.8, 4) is 33.4 Å². The van der Waals surface area contributed by atoms with Crippen molar-refractivity contribution in [1.82, 2.24) is 0 Å². The molecule has 0 atom stereocenters. The highest BCUT2D eigenvalue weighted by Crippen LogP contribution is 2.44. The first-order valence-electron chi connectivity index (χ1n) is 28.5. The standard InChI is InChI=1S/3C25H18BN/c1-17-8-6-9-18(16-17)27-23-14-5-4-13-22(23)26-21-12-3-2-10-19(21)20-11-7-15-24(27)25(20)26;1-17-13-15-18(16-14-17)27-23-11-5-4-10-22(23)26-21-9-3-2-7-19(21)20-8-6-12-24(27)25(20)26;1-17-9-7-15-22-25(17)27(18-10-3-2-4-11-18)23-16-8-13-20-19-12-5-6-14-21(19)26(22)24(20)23/h3*2-16H,1H3. The lowest BCUT2D eigenvalue weighted by Crippen LogP contribution is -2.54. The van der Waals surface area contributed by atoms with Gasteiger partial charge in [0.25, 0.3) is 0 Å². The number of nitrogens with zero attached hydrogens (tertiary/aromatic N) is 3. The number of benzene rings is 12. The zero-order valence-electron chi connectivity index (χ0n) is 45.6. The summed E-state index contributed by atoms with van der Waals surface area (Å²) in [7, 11) is 0. The van der Waals surface area contributed by atoms with Gasteiger partial charge in [-0.25, -0.2) is 0 Å². The van der Waals surface area contributed by atoms with Gasteiger partial charge in [-0.3, -0.25) is 0 Å². The number of aryl methyl sites for hydroxylation is 3. The summed E-state index contributed by atoms with van der Waals surface area (Å²) in [6.45, 7) is 7.50. The maximum atomic E-state index is 2.45. The summed E-state index contributed by atoms with van der Waals surface area (Å²) in [4.78, 5) is 7.31. The molecular weight excluding hydrogens is 975 g/mol. The van der Waals surface area contributed by atoms with Crippen LogP contribution in [0.2, 0.25) is 0 Å². The molecule has 0 aromatic heterocycles. The van der Waals surface area contributed by atoms with Gasteiger partial charge < -0.3 is 14.7 Å². The minimum absolute atomic E-state index is 0.322. The average molecular weight is 1030 g/mol. The van der Waals surface area contributed by atoms with E-state index in [1.165, 1.54) is 150 Å². The Balaban J connectivity index is 0.000000100. The van der Waals surface area contributed by atoms with Crippen LogP contribution in [0.15, 0.2) is 273 Å². The molecule has 12 aromatic rings. The number of hydrogen-bond donors (Lipinski definition) is 0. The maximum Gasteiger partial charge on any atom is 0.248 e. The predicted molar refractivity (Wildman–Crippen MR) is 348 cm³/mol. The Hall–Kier alpha value is -9.77. The molecule has 0 saturated heterocycles. The molecule has 0 bridgehead atoms.